The molecule has 4 amide bonds. The van der Waals surface area contributed by atoms with E-state index in [9.17, 15) is 18.8 Å². The molecule has 1 aromatic heterocycles. The number of hydrogen-bond acceptors (Lipinski definition) is 6. The van der Waals surface area contributed by atoms with Crippen LogP contribution in [0.25, 0.3) is 6.08 Å². The number of imide groups is 2. The van der Waals surface area contributed by atoms with Crippen molar-refractivity contribution in [3.05, 3.63) is 101 Å². The van der Waals surface area contributed by atoms with E-state index < -0.39 is 17.8 Å². The third kappa shape index (κ3) is 5.35. The van der Waals surface area contributed by atoms with Gasteiger partial charge in [-0.2, -0.15) is 0 Å². The number of methoxy groups -OCH3 is 1. The first kappa shape index (κ1) is 24.5. The Hall–Kier alpha value is -4.66. The summed E-state index contributed by atoms with van der Waals surface area (Å²) in [5.74, 6) is -0.674. The molecule has 0 atom stereocenters. The van der Waals surface area contributed by atoms with Crippen LogP contribution in [-0.4, -0.2) is 29.9 Å². The molecule has 2 aromatic carbocycles. The summed E-state index contributed by atoms with van der Waals surface area (Å²) in [7, 11) is 1.47. The second-order valence-corrected chi connectivity index (χ2v) is 7.91. The van der Waals surface area contributed by atoms with Crippen molar-refractivity contribution in [2.24, 2.45) is 0 Å². The number of nitrogens with zero attached hydrogens (tertiary/aromatic N) is 1. The van der Waals surface area contributed by atoms with E-state index in [4.69, 9.17) is 13.9 Å². The number of furan rings is 1. The van der Waals surface area contributed by atoms with Gasteiger partial charge in [-0.25, -0.2) is 9.18 Å². The van der Waals surface area contributed by atoms with Crippen LogP contribution < -0.4 is 14.8 Å². The Bertz CT molecular complexity index is 1330. The molecule has 1 aliphatic heterocycles. The van der Waals surface area contributed by atoms with E-state index in [1.165, 1.54) is 31.6 Å². The van der Waals surface area contributed by atoms with Gasteiger partial charge in [-0.3, -0.25) is 19.8 Å². The average Bonchev–Trinajstić information content (AvgIpc) is 3.38. The number of urea groups is 1. The van der Waals surface area contributed by atoms with Crippen molar-refractivity contribution < 1.29 is 32.7 Å². The molecule has 0 unspecified atom stereocenters. The van der Waals surface area contributed by atoms with Crippen LogP contribution in [0.2, 0.25) is 0 Å². The molecule has 3 aromatic rings. The van der Waals surface area contributed by atoms with Crippen LogP contribution >= 0.6 is 0 Å². The number of carbonyl (C=O) groups excluding carboxylic acids is 3. The molecule has 4 rings (SSSR count). The van der Waals surface area contributed by atoms with Crippen molar-refractivity contribution in [2.45, 2.75) is 19.6 Å². The number of nitrogens with one attached hydrogen (secondary N) is 1. The Morgan fingerprint density at radius 1 is 1.14 bits per heavy atom. The lowest BCUT2D eigenvalue weighted by Gasteiger charge is -2.25. The summed E-state index contributed by atoms with van der Waals surface area (Å²) >= 11 is 0. The summed E-state index contributed by atoms with van der Waals surface area (Å²) in [6.45, 7) is 3.83. The smallest absolute Gasteiger partial charge is 0.331 e. The largest absolute Gasteiger partial charge is 0.493 e. The molecule has 0 spiro atoms. The van der Waals surface area contributed by atoms with Crippen molar-refractivity contribution in [3.63, 3.8) is 0 Å². The van der Waals surface area contributed by atoms with E-state index in [0.29, 0.717) is 34.8 Å². The van der Waals surface area contributed by atoms with Crippen molar-refractivity contribution in [1.82, 2.24) is 10.2 Å². The molecule has 9 heteroatoms. The standard InChI is InChI=1S/C27H23FN2O6/c1-3-5-19-12-18(14-23(34-2)24(19)36-16-17-7-9-20(28)10-8-17)13-22-25(31)29-27(33)30(26(22)32)15-21-6-4-11-35-21/h3-4,6-14H,1,5,15-16H2,2H3,(H,29,31,33)/b22-13+. The summed E-state index contributed by atoms with van der Waals surface area (Å²) in [4.78, 5) is 38.7. The molecule has 0 radical (unpaired) electrons. The highest BCUT2D eigenvalue weighted by molar-refractivity contribution is 6.30. The van der Waals surface area contributed by atoms with Crippen LogP contribution in [-0.2, 0) is 29.2 Å². The molecule has 1 N–H and O–H groups in total. The van der Waals surface area contributed by atoms with Crippen molar-refractivity contribution in [1.29, 1.82) is 0 Å². The number of ether oxygens (including phenoxy) is 2. The molecule has 0 saturated carbocycles. The summed E-state index contributed by atoms with van der Waals surface area (Å²) in [5.41, 5.74) is 1.74. The van der Waals surface area contributed by atoms with Crippen LogP contribution in [0.15, 0.2) is 77.4 Å². The minimum absolute atomic E-state index is 0.122. The number of benzene rings is 2. The third-order valence-corrected chi connectivity index (χ3v) is 5.43. The van der Waals surface area contributed by atoms with Gasteiger partial charge in [0.15, 0.2) is 11.5 Å². The molecule has 1 saturated heterocycles. The number of allylic oxidation sites excluding steroid dienone is 1. The van der Waals surface area contributed by atoms with E-state index in [2.05, 4.69) is 11.9 Å². The van der Waals surface area contributed by atoms with Crippen LogP contribution in [0.5, 0.6) is 11.5 Å². The summed E-state index contributed by atoms with van der Waals surface area (Å²) < 4.78 is 29.9. The summed E-state index contributed by atoms with van der Waals surface area (Å²) in [6.07, 6.45) is 4.91. The number of amides is 4. The second-order valence-electron chi connectivity index (χ2n) is 7.91. The highest BCUT2D eigenvalue weighted by atomic mass is 19.1. The molecular formula is C27H23FN2O6. The number of halogens is 1. The highest BCUT2D eigenvalue weighted by Gasteiger charge is 2.36. The molecule has 184 valence electrons. The lowest BCUT2D eigenvalue weighted by atomic mass is 10.0. The Kier molecular flexibility index (Phi) is 7.29. The zero-order valence-corrected chi connectivity index (χ0v) is 19.5. The predicted octanol–water partition coefficient (Wildman–Crippen LogP) is 4.40. The van der Waals surface area contributed by atoms with E-state index in [0.717, 1.165) is 10.5 Å². The maximum Gasteiger partial charge on any atom is 0.331 e. The maximum absolute atomic E-state index is 13.2. The van der Waals surface area contributed by atoms with Gasteiger partial charge in [-0.15, -0.1) is 6.58 Å². The van der Waals surface area contributed by atoms with Gasteiger partial charge in [0.25, 0.3) is 11.8 Å². The number of rotatable bonds is 9. The molecule has 0 bridgehead atoms. The fourth-order valence-corrected chi connectivity index (χ4v) is 3.69. The first-order valence-corrected chi connectivity index (χ1v) is 11.0. The monoisotopic (exact) mass is 490 g/mol. The van der Waals surface area contributed by atoms with Crippen LogP contribution in [0, 0.1) is 5.82 Å². The fourth-order valence-electron chi connectivity index (χ4n) is 3.69. The predicted molar refractivity (Wildman–Crippen MR) is 128 cm³/mol. The minimum atomic E-state index is -0.826. The first-order valence-electron chi connectivity index (χ1n) is 11.0. The Labute approximate surface area is 206 Å². The van der Waals surface area contributed by atoms with Gasteiger partial charge < -0.3 is 13.9 Å². The van der Waals surface area contributed by atoms with Crippen molar-refractivity contribution >= 4 is 23.9 Å². The number of hydrogen-bond donors (Lipinski definition) is 1. The molecule has 1 aliphatic rings. The summed E-state index contributed by atoms with van der Waals surface area (Å²) in [6, 6.07) is 11.7. The quantitative estimate of drug-likeness (QED) is 0.271. The lowest BCUT2D eigenvalue weighted by molar-refractivity contribution is -0.130. The average molecular weight is 490 g/mol. The minimum Gasteiger partial charge on any atom is -0.493 e. The molecule has 36 heavy (non-hydrogen) atoms. The van der Waals surface area contributed by atoms with Gasteiger partial charge >= 0.3 is 6.03 Å². The first-order chi connectivity index (χ1) is 17.4. The zero-order valence-electron chi connectivity index (χ0n) is 19.5. The second kappa shape index (κ2) is 10.7. The topological polar surface area (TPSA) is 98.1 Å². The van der Waals surface area contributed by atoms with Gasteiger partial charge in [0.2, 0.25) is 0 Å². The van der Waals surface area contributed by atoms with Gasteiger partial charge in [-0.05, 0) is 60.0 Å². The van der Waals surface area contributed by atoms with Gasteiger partial charge in [0, 0.05) is 5.56 Å². The van der Waals surface area contributed by atoms with Crippen LogP contribution in [0.4, 0.5) is 9.18 Å². The fraction of sp³-hybridized carbons (Fsp3) is 0.148. The molecule has 8 nitrogen and oxygen atoms in total. The van der Waals surface area contributed by atoms with E-state index in [1.54, 1.807) is 42.5 Å². The number of carbonyl (C=O) groups is 3. The molecule has 2 heterocycles. The van der Waals surface area contributed by atoms with Gasteiger partial charge in [0.05, 0.1) is 19.9 Å². The maximum atomic E-state index is 13.2. The van der Waals surface area contributed by atoms with E-state index in [1.807, 2.05) is 0 Å². The van der Waals surface area contributed by atoms with E-state index in [-0.39, 0.29) is 24.5 Å². The molecule has 0 aliphatic carbocycles. The van der Waals surface area contributed by atoms with Crippen molar-refractivity contribution in [2.75, 3.05) is 7.11 Å². The Morgan fingerprint density at radius 3 is 2.58 bits per heavy atom. The number of barbiturate groups is 1. The molecule has 1 fully saturated rings. The zero-order chi connectivity index (χ0) is 25.7. The SMILES string of the molecule is C=CCc1cc(/C=C2\C(=O)NC(=O)N(Cc3ccco3)C2=O)cc(OC)c1OCc1ccc(F)cc1. The Balaban J connectivity index is 1.65. The van der Waals surface area contributed by atoms with Crippen molar-refractivity contribution in [3.8, 4) is 11.5 Å². The third-order valence-electron chi connectivity index (χ3n) is 5.43. The normalized spacial score (nSPS) is 14.7. The van der Waals surface area contributed by atoms with Crippen LogP contribution in [0.3, 0.4) is 0 Å². The summed E-state index contributed by atoms with van der Waals surface area (Å²) in [5, 5.41) is 2.18. The molecular weight excluding hydrogens is 467 g/mol. The Morgan fingerprint density at radius 2 is 1.92 bits per heavy atom. The van der Waals surface area contributed by atoms with E-state index >= 15 is 0 Å². The van der Waals surface area contributed by atoms with Gasteiger partial charge in [-0.1, -0.05) is 18.2 Å². The highest BCUT2D eigenvalue weighted by Crippen LogP contribution is 2.35. The lowest BCUT2D eigenvalue weighted by Crippen LogP contribution is -2.53. The van der Waals surface area contributed by atoms with Gasteiger partial charge in [0.1, 0.15) is 23.8 Å². The van der Waals surface area contributed by atoms with Crippen LogP contribution in [0.1, 0.15) is 22.5 Å².